The van der Waals surface area contributed by atoms with Gasteiger partial charge in [-0.3, -0.25) is 4.79 Å². The van der Waals surface area contributed by atoms with Gasteiger partial charge in [0.05, 0.1) is 5.56 Å². The van der Waals surface area contributed by atoms with Gasteiger partial charge in [0.25, 0.3) is 0 Å². The molecule has 1 aromatic carbocycles. The maximum atomic E-state index is 10.9. The van der Waals surface area contributed by atoms with Crippen LogP contribution in [0.5, 0.6) is 5.88 Å². The summed E-state index contributed by atoms with van der Waals surface area (Å²) in [6.07, 6.45) is 2.45. The molecule has 1 heterocycles. The Morgan fingerprint density at radius 1 is 1.29 bits per heavy atom. The molecule has 0 aliphatic heterocycles. The average Bonchev–Trinajstić information content (AvgIpc) is 2.38. The van der Waals surface area contributed by atoms with Crippen molar-refractivity contribution in [3.8, 4) is 5.88 Å². The molecule has 0 aliphatic carbocycles. The molecular formula is C14H13NO2. The van der Waals surface area contributed by atoms with Crippen molar-refractivity contribution in [2.45, 2.75) is 13.5 Å². The molecule has 1 aromatic heterocycles. The van der Waals surface area contributed by atoms with E-state index in [2.05, 4.69) is 4.98 Å². The summed E-state index contributed by atoms with van der Waals surface area (Å²) in [5, 5.41) is 0. The van der Waals surface area contributed by atoms with Crippen LogP contribution in [0, 0.1) is 6.92 Å². The van der Waals surface area contributed by atoms with Crippen LogP contribution >= 0.6 is 0 Å². The van der Waals surface area contributed by atoms with Gasteiger partial charge in [-0.15, -0.1) is 0 Å². The third-order valence-electron chi connectivity index (χ3n) is 2.36. The Morgan fingerprint density at radius 3 is 2.76 bits per heavy atom. The van der Waals surface area contributed by atoms with Crippen LogP contribution in [0.3, 0.4) is 0 Å². The topological polar surface area (TPSA) is 39.2 Å². The molecule has 3 nitrogen and oxygen atoms in total. The van der Waals surface area contributed by atoms with Gasteiger partial charge in [-0.05, 0) is 24.1 Å². The average molecular weight is 227 g/mol. The fourth-order valence-electron chi connectivity index (χ4n) is 1.51. The van der Waals surface area contributed by atoms with Crippen molar-refractivity contribution in [2.75, 3.05) is 0 Å². The van der Waals surface area contributed by atoms with Crippen molar-refractivity contribution in [2.24, 2.45) is 0 Å². The number of benzene rings is 1. The van der Waals surface area contributed by atoms with Gasteiger partial charge in [0, 0.05) is 6.20 Å². The zero-order chi connectivity index (χ0) is 12.1. The molecule has 86 valence electrons. The first-order valence-electron chi connectivity index (χ1n) is 5.38. The number of carbonyl (C=O) groups excluding carboxylic acids is 1. The number of hydrogen-bond acceptors (Lipinski definition) is 3. The molecule has 0 amide bonds. The number of hydrogen-bond donors (Lipinski definition) is 0. The SMILES string of the molecule is Cc1cnc(OCc2ccccc2)c(C=O)c1. The van der Waals surface area contributed by atoms with Gasteiger partial charge in [-0.2, -0.15) is 0 Å². The highest BCUT2D eigenvalue weighted by molar-refractivity contribution is 5.78. The van der Waals surface area contributed by atoms with Crippen LogP contribution in [0.4, 0.5) is 0 Å². The molecule has 2 aromatic rings. The van der Waals surface area contributed by atoms with Gasteiger partial charge >= 0.3 is 0 Å². The molecule has 17 heavy (non-hydrogen) atoms. The van der Waals surface area contributed by atoms with Gasteiger partial charge < -0.3 is 4.74 Å². The summed E-state index contributed by atoms with van der Waals surface area (Å²) >= 11 is 0. The van der Waals surface area contributed by atoms with E-state index in [1.54, 1.807) is 12.3 Å². The Labute approximate surface area is 100 Å². The maximum absolute atomic E-state index is 10.9. The first-order chi connectivity index (χ1) is 8.29. The van der Waals surface area contributed by atoms with Crippen LogP contribution in [0.1, 0.15) is 21.5 Å². The van der Waals surface area contributed by atoms with E-state index in [0.717, 1.165) is 17.4 Å². The Hall–Kier alpha value is -2.16. The van der Waals surface area contributed by atoms with Gasteiger partial charge in [0.15, 0.2) is 6.29 Å². The maximum Gasteiger partial charge on any atom is 0.224 e. The largest absolute Gasteiger partial charge is 0.472 e. The minimum atomic E-state index is 0.384. The van der Waals surface area contributed by atoms with Crippen molar-refractivity contribution in [1.82, 2.24) is 4.98 Å². The highest BCUT2D eigenvalue weighted by Gasteiger charge is 2.04. The second kappa shape index (κ2) is 5.25. The molecule has 0 N–H and O–H groups in total. The van der Waals surface area contributed by atoms with Crippen LogP contribution in [-0.4, -0.2) is 11.3 Å². The third-order valence-corrected chi connectivity index (χ3v) is 2.36. The second-order valence-corrected chi connectivity index (χ2v) is 3.80. The smallest absolute Gasteiger partial charge is 0.224 e. The van der Waals surface area contributed by atoms with Crippen LogP contribution in [0.25, 0.3) is 0 Å². The predicted molar refractivity (Wildman–Crippen MR) is 65.1 cm³/mol. The molecule has 0 atom stereocenters. The number of aryl methyl sites for hydroxylation is 1. The lowest BCUT2D eigenvalue weighted by atomic mass is 10.2. The number of aldehydes is 1. The van der Waals surface area contributed by atoms with E-state index in [0.29, 0.717) is 18.1 Å². The van der Waals surface area contributed by atoms with Crippen LogP contribution in [0.15, 0.2) is 42.6 Å². The van der Waals surface area contributed by atoms with Crippen LogP contribution in [-0.2, 0) is 6.61 Å². The number of aromatic nitrogens is 1. The summed E-state index contributed by atoms with van der Waals surface area (Å²) in [7, 11) is 0. The molecule has 0 aliphatic rings. The predicted octanol–water partition coefficient (Wildman–Crippen LogP) is 2.78. The monoisotopic (exact) mass is 227 g/mol. The van der Waals surface area contributed by atoms with Crippen molar-refractivity contribution >= 4 is 6.29 Å². The minimum absolute atomic E-state index is 0.384. The summed E-state index contributed by atoms with van der Waals surface area (Å²) in [5.41, 5.74) is 2.48. The molecule has 0 radical (unpaired) electrons. The fraction of sp³-hybridized carbons (Fsp3) is 0.143. The number of nitrogens with zero attached hydrogens (tertiary/aromatic N) is 1. The Bertz CT molecular complexity index is 509. The van der Waals surface area contributed by atoms with E-state index in [1.165, 1.54) is 0 Å². The summed E-state index contributed by atoms with van der Waals surface area (Å²) in [4.78, 5) is 15.0. The quantitative estimate of drug-likeness (QED) is 0.754. The lowest BCUT2D eigenvalue weighted by Gasteiger charge is -2.07. The molecule has 0 fully saturated rings. The standard InChI is InChI=1S/C14H13NO2/c1-11-7-13(9-16)14(15-8-11)17-10-12-5-3-2-4-6-12/h2-9H,10H2,1H3. The summed E-state index contributed by atoms with van der Waals surface area (Å²) < 4.78 is 5.53. The second-order valence-electron chi connectivity index (χ2n) is 3.80. The summed E-state index contributed by atoms with van der Waals surface area (Å²) in [6, 6.07) is 11.5. The van der Waals surface area contributed by atoms with E-state index in [-0.39, 0.29) is 0 Å². The van der Waals surface area contributed by atoms with Gasteiger partial charge in [-0.1, -0.05) is 30.3 Å². The first-order valence-corrected chi connectivity index (χ1v) is 5.38. The fourth-order valence-corrected chi connectivity index (χ4v) is 1.51. The number of ether oxygens (including phenoxy) is 1. The van der Waals surface area contributed by atoms with E-state index in [9.17, 15) is 4.79 Å². The van der Waals surface area contributed by atoms with Crippen molar-refractivity contribution in [3.05, 3.63) is 59.3 Å². The van der Waals surface area contributed by atoms with E-state index in [4.69, 9.17) is 4.74 Å². The van der Waals surface area contributed by atoms with Crippen molar-refractivity contribution in [1.29, 1.82) is 0 Å². The van der Waals surface area contributed by atoms with Gasteiger partial charge in [0.1, 0.15) is 6.61 Å². The first kappa shape index (κ1) is 11.3. The molecule has 3 heteroatoms. The molecule has 2 rings (SSSR count). The lowest BCUT2D eigenvalue weighted by Crippen LogP contribution is -2.00. The molecular weight excluding hydrogens is 214 g/mol. The van der Waals surface area contributed by atoms with Crippen LogP contribution < -0.4 is 4.74 Å². The van der Waals surface area contributed by atoms with Crippen LogP contribution in [0.2, 0.25) is 0 Å². The number of carbonyl (C=O) groups is 1. The van der Waals surface area contributed by atoms with Crippen molar-refractivity contribution < 1.29 is 9.53 Å². The summed E-state index contributed by atoms with van der Waals surface area (Å²) in [6.45, 7) is 2.30. The zero-order valence-corrected chi connectivity index (χ0v) is 9.59. The zero-order valence-electron chi connectivity index (χ0n) is 9.59. The highest BCUT2D eigenvalue weighted by atomic mass is 16.5. The summed E-state index contributed by atoms with van der Waals surface area (Å²) in [5.74, 6) is 0.384. The molecule has 0 bridgehead atoms. The Morgan fingerprint density at radius 2 is 2.06 bits per heavy atom. The normalized spacial score (nSPS) is 9.94. The number of rotatable bonds is 4. The number of pyridine rings is 1. The third kappa shape index (κ3) is 2.91. The minimum Gasteiger partial charge on any atom is -0.472 e. The van der Waals surface area contributed by atoms with Crippen molar-refractivity contribution in [3.63, 3.8) is 0 Å². The Balaban J connectivity index is 2.11. The molecule has 0 unspecified atom stereocenters. The van der Waals surface area contributed by atoms with E-state index < -0.39 is 0 Å². The molecule has 0 saturated carbocycles. The molecule has 0 saturated heterocycles. The van der Waals surface area contributed by atoms with Gasteiger partial charge in [-0.25, -0.2) is 4.98 Å². The van der Waals surface area contributed by atoms with Gasteiger partial charge in [0.2, 0.25) is 5.88 Å². The van der Waals surface area contributed by atoms with E-state index >= 15 is 0 Å². The highest BCUT2D eigenvalue weighted by Crippen LogP contribution is 2.15. The van der Waals surface area contributed by atoms with E-state index in [1.807, 2.05) is 37.3 Å². The molecule has 0 spiro atoms. The Kier molecular flexibility index (Phi) is 3.50. The lowest BCUT2D eigenvalue weighted by molar-refractivity contribution is 0.111.